The van der Waals surface area contributed by atoms with Crippen LogP contribution in [0.1, 0.15) is 73.6 Å². The van der Waals surface area contributed by atoms with E-state index in [9.17, 15) is 0 Å². The van der Waals surface area contributed by atoms with E-state index < -0.39 is 0 Å². The van der Waals surface area contributed by atoms with E-state index in [4.69, 9.17) is 22.9 Å². The average molecular weight is 317 g/mol. The molecule has 0 aliphatic rings. The molecule has 0 aromatic heterocycles. The SMILES string of the molecule is CC(CCCCN)C(C)(C)N.CC(CCN)CC(C)(C)CN. The summed E-state index contributed by atoms with van der Waals surface area (Å²) in [5.41, 5.74) is 22.7. The van der Waals surface area contributed by atoms with Crippen LogP contribution in [-0.2, 0) is 0 Å². The number of unbranched alkanes of at least 4 members (excludes halogenated alkanes) is 1. The normalized spacial score (nSPS) is 15.0. The smallest absolute Gasteiger partial charge is 0.0123 e. The van der Waals surface area contributed by atoms with Crippen LogP contribution >= 0.6 is 0 Å². The number of rotatable bonds is 10. The average Bonchev–Trinajstić information content (AvgIpc) is 2.38. The van der Waals surface area contributed by atoms with Gasteiger partial charge in [-0.2, -0.15) is 0 Å². The maximum atomic E-state index is 5.93. The van der Waals surface area contributed by atoms with Gasteiger partial charge in [-0.05, 0) is 76.4 Å². The maximum absolute atomic E-state index is 5.93. The molecule has 8 N–H and O–H groups in total. The van der Waals surface area contributed by atoms with E-state index in [2.05, 4.69) is 41.5 Å². The quantitative estimate of drug-likeness (QED) is 0.465. The van der Waals surface area contributed by atoms with E-state index in [0.29, 0.717) is 11.8 Å². The number of hydrogen-bond acceptors (Lipinski definition) is 4. The Bertz CT molecular complexity index is 246. The molecule has 0 saturated carbocycles. The zero-order valence-corrected chi connectivity index (χ0v) is 16.1. The van der Waals surface area contributed by atoms with Crippen LogP contribution in [0.25, 0.3) is 0 Å². The van der Waals surface area contributed by atoms with Crippen LogP contribution in [0.4, 0.5) is 0 Å². The van der Waals surface area contributed by atoms with Gasteiger partial charge in [0.2, 0.25) is 0 Å². The molecule has 0 rings (SSSR count). The Morgan fingerprint density at radius 1 is 0.818 bits per heavy atom. The fraction of sp³-hybridized carbons (Fsp3) is 1.00. The van der Waals surface area contributed by atoms with Gasteiger partial charge in [0.05, 0.1) is 0 Å². The van der Waals surface area contributed by atoms with Crippen molar-refractivity contribution in [1.29, 1.82) is 0 Å². The monoisotopic (exact) mass is 316 g/mol. The summed E-state index contributed by atoms with van der Waals surface area (Å²) in [6.45, 7) is 15.4. The number of hydrogen-bond donors (Lipinski definition) is 4. The molecule has 0 aliphatic carbocycles. The molecule has 136 valence electrons. The van der Waals surface area contributed by atoms with Crippen molar-refractivity contribution in [2.45, 2.75) is 79.2 Å². The first-order valence-corrected chi connectivity index (χ1v) is 8.89. The van der Waals surface area contributed by atoms with Gasteiger partial charge in [0.1, 0.15) is 0 Å². The Balaban J connectivity index is 0. The van der Waals surface area contributed by atoms with E-state index in [1.165, 1.54) is 19.3 Å². The van der Waals surface area contributed by atoms with Crippen molar-refractivity contribution in [2.24, 2.45) is 40.2 Å². The third-order valence-corrected chi connectivity index (χ3v) is 4.47. The van der Waals surface area contributed by atoms with E-state index >= 15 is 0 Å². The molecule has 0 radical (unpaired) electrons. The van der Waals surface area contributed by atoms with Gasteiger partial charge in [0.15, 0.2) is 0 Å². The Morgan fingerprint density at radius 3 is 1.73 bits per heavy atom. The Labute approximate surface area is 139 Å². The molecule has 0 amide bonds. The van der Waals surface area contributed by atoms with Crippen LogP contribution in [0.5, 0.6) is 0 Å². The van der Waals surface area contributed by atoms with Crippen LogP contribution in [0.2, 0.25) is 0 Å². The first-order valence-electron chi connectivity index (χ1n) is 8.89. The van der Waals surface area contributed by atoms with Crippen molar-refractivity contribution < 1.29 is 0 Å². The van der Waals surface area contributed by atoms with Crippen molar-refractivity contribution in [3.63, 3.8) is 0 Å². The molecule has 22 heavy (non-hydrogen) atoms. The zero-order chi connectivity index (χ0) is 17.8. The highest BCUT2D eigenvalue weighted by molar-refractivity contribution is 4.78. The number of nitrogens with two attached hydrogens (primary N) is 4. The van der Waals surface area contributed by atoms with Gasteiger partial charge in [0.25, 0.3) is 0 Å². The second-order valence-electron chi connectivity index (χ2n) is 8.26. The van der Waals surface area contributed by atoms with E-state index in [1.807, 2.05) is 0 Å². The molecular formula is C18H44N4. The van der Waals surface area contributed by atoms with Gasteiger partial charge in [-0.15, -0.1) is 0 Å². The molecule has 0 spiro atoms. The van der Waals surface area contributed by atoms with Gasteiger partial charge in [-0.25, -0.2) is 0 Å². The second-order valence-corrected chi connectivity index (χ2v) is 8.26. The fourth-order valence-electron chi connectivity index (χ4n) is 2.38. The molecule has 0 aromatic carbocycles. The molecule has 0 saturated heterocycles. The van der Waals surface area contributed by atoms with Gasteiger partial charge in [-0.3, -0.25) is 0 Å². The molecule has 0 heterocycles. The maximum Gasteiger partial charge on any atom is 0.0123 e. The summed E-state index contributed by atoms with van der Waals surface area (Å²) in [5.74, 6) is 1.30. The highest BCUT2D eigenvalue weighted by atomic mass is 14.7. The zero-order valence-electron chi connectivity index (χ0n) is 16.1. The fourth-order valence-corrected chi connectivity index (χ4v) is 2.38. The predicted molar refractivity (Wildman–Crippen MR) is 101 cm³/mol. The lowest BCUT2D eigenvalue weighted by Gasteiger charge is -2.27. The second kappa shape index (κ2) is 12.3. The van der Waals surface area contributed by atoms with E-state index in [1.54, 1.807) is 0 Å². The summed E-state index contributed by atoms with van der Waals surface area (Å²) in [7, 11) is 0. The first-order chi connectivity index (χ1) is 10.00. The summed E-state index contributed by atoms with van der Waals surface area (Å²) >= 11 is 0. The van der Waals surface area contributed by atoms with Crippen molar-refractivity contribution in [2.75, 3.05) is 19.6 Å². The largest absolute Gasteiger partial charge is 0.330 e. The molecule has 0 fully saturated rings. The Morgan fingerprint density at radius 2 is 1.36 bits per heavy atom. The van der Waals surface area contributed by atoms with Gasteiger partial charge < -0.3 is 22.9 Å². The lowest BCUT2D eigenvalue weighted by Crippen LogP contribution is -2.39. The van der Waals surface area contributed by atoms with Gasteiger partial charge in [-0.1, -0.05) is 34.1 Å². The third kappa shape index (κ3) is 14.8. The lowest BCUT2D eigenvalue weighted by atomic mass is 9.82. The van der Waals surface area contributed by atoms with Crippen molar-refractivity contribution in [3.8, 4) is 0 Å². The predicted octanol–water partition coefficient (Wildman–Crippen LogP) is 2.84. The van der Waals surface area contributed by atoms with Crippen molar-refractivity contribution in [1.82, 2.24) is 0 Å². The topological polar surface area (TPSA) is 104 Å². The lowest BCUT2D eigenvalue weighted by molar-refractivity contribution is 0.279. The molecular weight excluding hydrogens is 272 g/mol. The summed E-state index contributed by atoms with van der Waals surface area (Å²) in [5, 5.41) is 0. The summed E-state index contributed by atoms with van der Waals surface area (Å²) < 4.78 is 0. The molecule has 2 unspecified atom stereocenters. The van der Waals surface area contributed by atoms with Crippen LogP contribution in [0, 0.1) is 17.3 Å². The standard InChI is InChI=1S/2C9H22N2/c1-8(4-5-10)6-9(2,3)7-11;1-8(9(2,3)11)6-4-5-7-10/h2*8H,4-7,10-11H2,1-3H3. The summed E-state index contributed by atoms with van der Waals surface area (Å²) in [4.78, 5) is 0. The van der Waals surface area contributed by atoms with E-state index in [0.717, 1.165) is 32.5 Å². The minimum absolute atomic E-state index is 0.0331. The molecule has 4 nitrogen and oxygen atoms in total. The van der Waals surface area contributed by atoms with Gasteiger partial charge in [0, 0.05) is 5.54 Å². The minimum atomic E-state index is -0.0331. The van der Waals surface area contributed by atoms with E-state index in [-0.39, 0.29) is 11.0 Å². The summed E-state index contributed by atoms with van der Waals surface area (Å²) in [6.07, 6.45) is 5.82. The minimum Gasteiger partial charge on any atom is -0.330 e. The van der Waals surface area contributed by atoms with Crippen LogP contribution in [-0.4, -0.2) is 25.2 Å². The van der Waals surface area contributed by atoms with Gasteiger partial charge >= 0.3 is 0 Å². The Hall–Kier alpha value is -0.160. The van der Waals surface area contributed by atoms with Crippen LogP contribution < -0.4 is 22.9 Å². The molecule has 0 bridgehead atoms. The Kier molecular flexibility index (Phi) is 13.5. The highest BCUT2D eigenvalue weighted by Gasteiger charge is 2.19. The van der Waals surface area contributed by atoms with Crippen LogP contribution in [0.15, 0.2) is 0 Å². The molecule has 2 atom stereocenters. The molecule has 0 aromatic rings. The third-order valence-electron chi connectivity index (χ3n) is 4.47. The summed E-state index contributed by atoms with van der Waals surface area (Å²) in [6, 6.07) is 0. The molecule has 0 aliphatic heterocycles. The van der Waals surface area contributed by atoms with Crippen molar-refractivity contribution >= 4 is 0 Å². The first kappa shape index (κ1) is 24.1. The van der Waals surface area contributed by atoms with Crippen LogP contribution in [0.3, 0.4) is 0 Å². The highest BCUT2D eigenvalue weighted by Crippen LogP contribution is 2.25. The molecule has 4 heteroatoms. The van der Waals surface area contributed by atoms with Crippen molar-refractivity contribution in [3.05, 3.63) is 0 Å².